The molecule has 0 aliphatic heterocycles. The van der Waals surface area contributed by atoms with Gasteiger partial charge in [0.15, 0.2) is 0 Å². The first-order valence-electron chi connectivity index (χ1n) is 7.89. The highest BCUT2D eigenvalue weighted by Crippen LogP contribution is 2.23. The molecule has 0 aliphatic carbocycles. The molecule has 5 nitrogen and oxygen atoms in total. The fourth-order valence-electron chi connectivity index (χ4n) is 2.58. The second-order valence-electron chi connectivity index (χ2n) is 5.75. The van der Waals surface area contributed by atoms with Crippen LogP contribution in [0.5, 0.6) is 5.75 Å². The topological polar surface area (TPSA) is 68.5 Å². The summed E-state index contributed by atoms with van der Waals surface area (Å²) in [5, 5.41) is 9.12. The van der Waals surface area contributed by atoms with Gasteiger partial charge in [-0.15, -0.1) is 0 Å². The van der Waals surface area contributed by atoms with E-state index in [0.29, 0.717) is 28.1 Å². The van der Waals surface area contributed by atoms with E-state index in [9.17, 15) is 9.59 Å². The van der Waals surface area contributed by atoms with Gasteiger partial charge in [-0.05, 0) is 58.2 Å². The van der Waals surface area contributed by atoms with Gasteiger partial charge in [0.1, 0.15) is 16.8 Å². The first kappa shape index (κ1) is 17.9. The molecule has 3 rings (SSSR count). The number of halogens is 1. The zero-order valence-corrected chi connectivity index (χ0v) is 15.6. The van der Waals surface area contributed by atoms with Crippen molar-refractivity contribution < 1.29 is 14.6 Å². The summed E-state index contributed by atoms with van der Waals surface area (Å²) < 4.78 is 7.49. The number of nitrogens with zero attached hydrogens (tertiary/aromatic N) is 1. The molecule has 0 atom stereocenters. The molecule has 3 aromatic rings. The lowest BCUT2D eigenvalue weighted by molar-refractivity contribution is 0.0696. The summed E-state index contributed by atoms with van der Waals surface area (Å²) >= 11 is 3.31. The molecule has 0 radical (unpaired) electrons. The average molecular weight is 414 g/mol. The van der Waals surface area contributed by atoms with Gasteiger partial charge in [-0.2, -0.15) is 0 Å². The average Bonchev–Trinajstić information content (AvgIpc) is 2.63. The third kappa shape index (κ3) is 3.70. The summed E-state index contributed by atoms with van der Waals surface area (Å²) in [5.74, 6) is -0.541. The number of ether oxygens (including phenoxy) is 1. The van der Waals surface area contributed by atoms with E-state index in [4.69, 9.17) is 9.84 Å². The maximum atomic E-state index is 12.7. The molecule has 0 amide bonds. The highest BCUT2D eigenvalue weighted by molar-refractivity contribution is 9.10. The highest BCUT2D eigenvalue weighted by Gasteiger charge is 2.12. The fourth-order valence-corrected chi connectivity index (χ4v) is 3.02. The van der Waals surface area contributed by atoms with E-state index in [1.165, 1.54) is 10.6 Å². The number of aromatic nitrogens is 1. The van der Waals surface area contributed by atoms with Crippen LogP contribution < -0.4 is 10.3 Å². The smallest absolute Gasteiger partial charge is 0.335 e. The van der Waals surface area contributed by atoms with E-state index in [1.807, 2.05) is 30.3 Å². The van der Waals surface area contributed by atoms with E-state index >= 15 is 0 Å². The van der Waals surface area contributed by atoms with Crippen LogP contribution in [0, 0.1) is 6.92 Å². The SMILES string of the molecule is Cc1cc(-n2ccc(OCc3ccccc3)c(Br)c2=O)ccc1C(=O)O. The summed E-state index contributed by atoms with van der Waals surface area (Å²) in [6.07, 6.45) is 1.61. The second-order valence-corrected chi connectivity index (χ2v) is 6.54. The van der Waals surface area contributed by atoms with Crippen LogP contribution in [0.3, 0.4) is 0 Å². The minimum atomic E-state index is -0.993. The molecule has 0 spiro atoms. The van der Waals surface area contributed by atoms with Gasteiger partial charge in [0.2, 0.25) is 0 Å². The maximum absolute atomic E-state index is 12.7. The normalized spacial score (nSPS) is 10.5. The summed E-state index contributed by atoms with van der Waals surface area (Å²) in [6, 6.07) is 16.1. The van der Waals surface area contributed by atoms with Gasteiger partial charge in [-0.3, -0.25) is 9.36 Å². The molecule has 0 aliphatic rings. The van der Waals surface area contributed by atoms with Crippen LogP contribution in [0.15, 0.2) is 70.1 Å². The van der Waals surface area contributed by atoms with Crippen molar-refractivity contribution in [2.45, 2.75) is 13.5 Å². The lowest BCUT2D eigenvalue weighted by Gasteiger charge is -2.12. The van der Waals surface area contributed by atoms with E-state index in [1.54, 1.807) is 31.3 Å². The summed E-state index contributed by atoms with van der Waals surface area (Å²) in [4.78, 5) is 23.8. The number of aryl methyl sites for hydroxylation is 1. The molecule has 2 aromatic carbocycles. The van der Waals surface area contributed by atoms with Gasteiger partial charge in [-0.1, -0.05) is 30.3 Å². The number of aromatic carboxylic acids is 1. The molecule has 1 heterocycles. The molecule has 1 aromatic heterocycles. The van der Waals surface area contributed by atoms with Crippen molar-refractivity contribution in [3.05, 3.63) is 92.3 Å². The predicted octanol–water partition coefficient (Wildman–Crippen LogP) is 4.19. The van der Waals surface area contributed by atoms with E-state index in [2.05, 4.69) is 15.9 Å². The first-order valence-corrected chi connectivity index (χ1v) is 8.69. The van der Waals surface area contributed by atoms with Gasteiger partial charge >= 0.3 is 5.97 Å². The molecule has 26 heavy (non-hydrogen) atoms. The Kier molecular flexibility index (Phi) is 5.23. The number of carboxylic acids is 1. The van der Waals surface area contributed by atoms with Crippen molar-refractivity contribution in [1.82, 2.24) is 4.57 Å². The third-order valence-electron chi connectivity index (χ3n) is 3.95. The summed E-state index contributed by atoms with van der Waals surface area (Å²) in [7, 11) is 0. The van der Waals surface area contributed by atoms with Gasteiger partial charge in [0, 0.05) is 11.9 Å². The van der Waals surface area contributed by atoms with Crippen LogP contribution in [0.4, 0.5) is 0 Å². The Morgan fingerprint density at radius 1 is 1.15 bits per heavy atom. The number of carboxylic acid groups (broad SMARTS) is 1. The van der Waals surface area contributed by atoms with Crippen LogP contribution in [0.1, 0.15) is 21.5 Å². The van der Waals surface area contributed by atoms with Crippen molar-refractivity contribution in [2.24, 2.45) is 0 Å². The predicted molar refractivity (Wildman–Crippen MR) is 102 cm³/mol. The van der Waals surface area contributed by atoms with E-state index in [0.717, 1.165) is 5.56 Å². The van der Waals surface area contributed by atoms with E-state index < -0.39 is 5.97 Å². The quantitative estimate of drug-likeness (QED) is 0.680. The molecule has 132 valence electrons. The van der Waals surface area contributed by atoms with E-state index in [-0.39, 0.29) is 11.1 Å². The Bertz CT molecular complexity index is 1010. The third-order valence-corrected chi connectivity index (χ3v) is 4.68. The highest BCUT2D eigenvalue weighted by atomic mass is 79.9. The lowest BCUT2D eigenvalue weighted by Crippen LogP contribution is -2.19. The van der Waals surface area contributed by atoms with Gasteiger partial charge in [0.25, 0.3) is 5.56 Å². The van der Waals surface area contributed by atoms with Crippen molar-refractivity contribution in [1.29, 1.82) is 0 Å². The number of rotatable bonds is 5. The second kappa shape index (κ2) is 7.58. The summed E-state index contributed by atoms with van der Waals surface area (Å²) in [5.41, 5.74) is 2.11. The Morgan fingerprint density at radius 3 is 2.54 bits per heavy atom. The fraction of sp³-hybridized carbons (Fsp3) is 0.100. The summed E-state index contributed by atoms with van der Waals surface area (Å²) in [6.45, 7) is 2.06. The monoisotopic (exact) mass is 413 g/mol. The minimum absolute atomic E-state index is 0.212. The molecular formula is C20H16BrNO4. The Labute approximate surface area is 158 Å². The molecule has 0 fully saturated rings. The van der Waals surface area contributed by atoms with Crippen LogP contribution in [0.25, 0.3) is 5.69 Å². The Balaban J connectivity index is 1.89. The molecule has 0 saturated heterocycles. The zero-order valence-electron chi connectivity index (χ0n) is 14.0. The van der Waals surface area contributed by atoms with Crippen molar-refractivity contribution >= 4 is 21.9 Å². The molecule has 0 unspecified atom stereocenters. The number of hydrogen-bond acceptors (Lipinski definition) is 3. The minimum Gasteiger partial charge on any atom is -0.487 e. The molecule has 1 N–H and O–H groups in total. The van der Waals surface area contributed by atoms with Gasteiger partial charge in [0.05, 0.1) is 5.56 Å². The largest absolute Gasteiger partial charge is 0.487 e. The Hall–Kier alpha value is -2.86. The molecular weight excluding hydrogens is 398 g/mol. The van der Waals surface area contributed by atoms with Crippen LogP contribution in [-0.4, -0.2) is 15.6 Å². The van der Waals surface area contributed by atoms with Crippen molar-refractivity contribution in [2.75, 3.05) is 0 Å². The maximum Gasteiger partial charge on any atom is 0.335 e. The molecule has 0 bridgehead atoms. The number of benzene rings is 2. The number of carbonyl (C=O) groups is 1. The van der Waals surface area contributed by atoms with Gasteiger partial charge < -0.3 is 9.84 Å². The van der Waals surface area contributed by atoms with Crippen LogP contribution >= 0.6 is 15.9 Å². The van der Waals surface area contributed by atoms with Crippen LogP contribution in [-0.2, 0) is 6.61 Å². The Morgan fingerprint density at radius 2 is 1.88 bits per heavy atom. The first-order chi connectivity index (χ1) is 12.5. The number of hydrogen-bond donors (Lipinski definition) is 1. The van der Waals surface area contributed by atoms with Crippen molar-refractivity contribution in [3.63, 3.8) is 0 Å². The van der Waals surface area contributed by atoms with Gasteiger partial charge in [-0.25, -0.2) is 4.79 Å². The number of pyridine rings is 1. The molecule has 0 saturated carbocycles. The zero-order chi connectivity index (χ0) is 18.7. The van der Waals surface area contributed by atoms with Crippen LogP contribution in [0.2, 0.25) is 0 Å². The lowest BCUT2D eigenvalue weighted by atomic mass is 10.1. The van der Waals surface area contributed by atoms with Crippen molar-refractivity contribution in [3.8, 4) is 11.4 Å². The molecule has 6 heteroatoms. The standard InChI is InChI=1S/C20H16BrNO4/c1-13-11-15(7-8-16(13)20(24)25)22-10-9-17(18(21)19(22)23)26-12-14-5-3-2-4-6-14/h2-11H,12H2,1H3,(H,24,25).